The number of nitrogens with zero attached hydrogens (tertiary/aromatic N) is 4. The van der Waals surface area contributed by atoms with Gasteiger partial charge in [-0.05, 0) is 92.1 Å². The van der Waals surface area contributed by atoms with Crippen LogP contribution in [0, 0.1) is 44.4 Å². The first kappa shape index (κ1) is 19.9. The van der Waals surface area contributed by atoms with Gasteiger partial charge in [-0.2, -0.15) is 10.2 Å². The lowest BCUT2D eigenvalue weighted by Crippen LogP contribution is -2.04. The third-order valence-electron chi connectivity index (χ3n) is 5.13. The summed E-state index contributed by atoms with van der Waals surface area (Å²) in [6, 6.07) is 15.6. The van der Waals surface area contributed by atoms with Crippen molar-refractivity contribution >= 4 is 28.7 Å². The lowest BCUT2D eigenvalue weighted by Gasteiger charge is -2.14. The molecule has 0 spiro atoms. The van der Waals surface area contributed by atoms with Crippen LogP contribution < -0.4 is 5.32 Å². The molecule has 31 heavy (non-hydrogen) atoms. The van der Waals surface area contributed by atoms with Gasteiger partial charge in [-0.1, -0.05) is 5.92 Å². The summed E-state index contributed by atoms with van der Waals surface area (Å²) in [6.45, 7) is 6.16. The quantitative estimate of drug-likeness (QED) is 0.450. The van der Waals surface area contributed by atoms with Crippen molar-refractivity contribution in [3.05, 3.63) is 82.7 Å². The molecule has 4 aromatic rings. The Morgan fingerprint density at radius 2 is 1.74 bits per heavy atom. The number of nitrogens with one attached hydrogen (secondary N) is 1. The van der Waals surface area contributed by atoms with Gasteiger partial charge in [0.05, 0.1) is 23.0 Å². The fraction of sp³-hybridized carbons (Fsp3) is 0.115. The van der Waals surface area contributed by atoms with E-state index in [1.165, 1.54) is 0 Å². The smallest absolute Gasteiger partial charge is 0.229 e. The van der Waals surface area contributed by atoms with Gasteiger partial charge in [0.15, 0.2) is 0 Å². The van der Waals surface area contributed by atoms with E-state index in [1.807, 2.05) is 37.4 Å². The zero-order valence-electron chi connectivity index (χ0n) is 17.6. The summed E-state index contributed by atoms with van der Waals surface area (Å²) in [6.07, 6.45) is 11.0. The third kappa shape index (κ3) is 3.90. The van der Waals surface area contributed by atoms with Gasteiger partial charge in [0.2, 0.25) is 5.95 Å². The molecule has 0 aliphatic carbocycles. The van der Waals surface area contributed by atoms with Crippen molar-refractivity contribution in [1.82, 2.24) is 14.5 Å². The number of aromatic nitrogens is 3. The molecule has 2 aromatic carbocycles. The molecule has 5 nitrogen and oxygen atoms in total. The maximum absolute atomic E-state index is 8.98. The Morgan fingerprint density at radius 3 is 2.39 bits per heavy atom. The largest absolute Gasteiger partial charge is 0.324 e. The van der Waals surface area contributed by atoms with Crippen LogP contribution in [0.3, 0.4) is 0 Å². The summed E-state index contributed by atoms with van der Waals surface area (Å²) in [7, 11) is 0. The van der Waals surface area contributed by atoms with Crippen LogP contribution in [0.2, 0.25) is 0 Å². The Labute approximate surface area is 181 Å². The predicted octanol–water partition coefficient (Wildman–Crippen LogP) is 5.61. The van der Waals surface area contributed by atoms with Crippen LogP contribution >= 0.6 is 0 Å². The first-order chi connectivity index (χ1) is 15.0. The van der Waals surface area contributed by atoms with E-state index in [2.05, 4.69) is 52.8 Å². The number of benzene rings is 2. The lowest BCUT2D eigenvalue weighted by atomic mass is 10.0. The Morgan fingerprint density at radius 1 is 1.03 bits per heavy atom. The topological polar surface area (TPSA) is 66.5 Å². The molecule has 1 N–H and O–H groups in total. The number of terminal acetylenes is 1. The number of hydrogen-bond donors (Lipinski definition) is 1. The Balaban J connectivity index is 1.79. The Bertz CT molecular complexity index is 1370. The number of rotatable bonds is 4. The molecular formula is C26H21N5. The zero-order chi connectivity index (χ0) is 22.0. The molecule has 0 unspecified atom stereocenters. The number of anilines is 2. The van der Waals surface area contributed by atoms with Gasteiger partial charge in [-0.25, -0.2) is 4.98 Å². The second-order valence-corrected chi connectivity index (χ2v) is 7.37. The summed E-state index contributed by atoms with van der Waals surface area (Å²) in [5.41, 5.74) is 7.59. The van der Waals surface area contributed by atoms with E-state index in [0.717, 1.165) is 44.8 Å². The molecule has 0 amide bonds. The molecule has 0 radical (unpaired) electrons. The SMILES string of the molecule is C#C/C=C/c1cc(C)c(-n2ccc3c(C)nc(Nc4ccc(C#N)cc4)nc32)c(C)c1. The minimum absolute atomic E-state index is 0.513. The molecule has 0 saturated heterocycles. The second-order valence-electron chi connectivity index (χ2n) is 7.37. The van der Waals surface area contributed by atoms with E-state index in [0.29, 0.717) is 11.5 Å². The van der Waals surface area contributed by atoms with Crippen LogP contribution in [0.4, 0.5) is 11.6 Å². The molecule has 150 valence electrons. The highest BCUT2D eigenvalue weighted by Crippen LogP contribution is 2.28. The fourth-order valence-electron chi connectivity index (χ4n) is 3.77. The number of nitriles is 1. The number of allylic oxidation sites excluding steroid dienone is 1. The fourth-order valence-corrected chi connectivity index (χ4v) is 3.77. The van der Waals surface area contributed by atoms with E-state index >= 15 is 0 Å². The summed E-state index contributed by atoms with van der Waals surface area (Å²) in [5, 5.41) is 13.2. The number of fused-ring (bicyclic) bond motifs is 1. The van der Waals surface area contributed by atoms with Crippen molar-refractivity contribution in [1.29, 1.82) is 5.26 Å². The van der Waals surface area contributed by atoms with Crippen molar-refractivity contribution < 1.29 is 0 Å². The van der Waals surface area contributed by atoms with Gasteiger partial charge in [0.25, 0.3) is 0 Å². The van der Waals surface area contributed by atoms with Gasteiger partial charge in [0, 0.05) is 17.3 Å². The molecule has 2 aromatic heterocycles. The van der Waals surface area contributed by atoms with E-state index < -0.39 is 0 Å². The summed E-state index contributed by atoms with van der Waals surface area (Å²) in [4.78, 5) is 9.41. The molecule has 4 rings (SSSR count). The Kier molecular flexibility index (Phi) is 5.26. The summed E-state index contributed by atoms with van der Waals surface area (Å²) in [5.74, 6) is 3.05. The minimum atomic E-state index is 0.513. The van der Waals surface area contributed by atoms with E-state index in [1.54, 1.807) is 18.2 Å². The minimum Gasteiger partial charge on any atom is -0.324 e. The van der Waals surface area contributed by atoms with Crippen LogP contribution in [0.1, 0.15) is 27.9 Å². The molecule has 0 aliphatic rings. The van der Waals surface area contributed by atoms with Gasteiger partial charge in [-0.3, -0.25) is 0 Å². The predicted molar refractivity (Wildman–Crippen MR) is 125 cm³/mol. The van der Waals surface area contributed by atoms with Crippen LogP contribution in [0.15, 0.2) is 54.7 Å². The standard InChI is InChI=1S/C26H21N5/c1-5-6-7-21-14-17(2)24(18(3)15-21)31-13-12-23-19(4)28-26(30-25(23)31)29-22-10-8-20(16-27)9-11-22/h1,6-15H,2-4H3,(H,28,29,30)/b7-6+. The van der Waals surface area contributed by atoms with Crippen LogP contribution in [0.25, 0.3) is 22.8 Å². The normalized spacial score (nSPS) is 10.9. The van der Waals surface area contributed by atoms with Crippen molar-refractivity contribution in [3.63, 3.8) is 0 Å². The summed E-state index contributed by atoms with van der Waals surface area (Å²) < 4.78 is 2.10. The highest BCUT2D eigenvalue weighted by Gasteiger charge is 2.14. The summed E-state index contributed by atoms with van der Waals surface area (Å²) >= 11 is 0. The van der Waals surface area contributed by atoms with E-state index in [9.17, 15) is 0 Å². The van der Waals surface area contributed by atoms with Gasteiger partial charge in [0.1, 0.15) is 5.65 Å². The molecular weight excluding hydrogens is 382 g/mol. The van der Waals surface area contributed by atoms with Crippen LogP contribution in [-0.2, 0) is 0 Å². The molecule has 0 saturated carbocycles. The molecule has 2 heterocycles. The van der Waals surface area contributed by atoms with Crippen LogP contribution in [-0.4, -0.2) is 14.5 Å². The molecule has 0 bridgehead atoms. The lowest BCUT2D eigenvalue weighted by molar-refractivity contribution is 1.04. The van der Waals surface area contributed by atoms with Gasteiger partial charge < -0.3 is 9.88 Å². The second kappa shape index (κ2) is 8.18. The van der Waals surface area contributed by atoms with E-state index in [-0.39, 0.29) is 0 Å². The number of hydrogen-bond acceptors (Lipinski definition) is 4. The first-order valence-corrected chi connectivity index (χ1v) is 9.87. The molecule has 0 aliphatic heterocycles. The van der Waals surface area contributed by atoms with Gasteiger partial charge >= 0.3 is 0 Å². The first-order valence-electron chi connectivity index (χ1n) is 9.87. The van der Waals surface area contributed by atoms with E-state index in [4.69, 9.17) is 16.7 Å². The molecule has 0 fully saturated rings. The molecule has 0 atom stereocenters. The highest BCUT2D eigenvalue weighted by atomic mass is 15.1. The number of aryl methyl sites for hydroxylation is 3. The van der Waals surface area contributed by atoms with Crippen molar-refractivity contribution in [2.24, 2.45) is 0 Å². The maximum atomic E-state index is 8.98. The van der Waals surface area contributed by atoms with Crippen molar-refractivity contribution in [3.8, 4) is 24.1 Å². The monoisotopic (exact) mass is 403 g/mol. The van der Waals surface area contributed by atoms with Gasteiger partial charge in [-0.15, -0.1) is 6.42 Å². The molecule has 5 heteroatoms. The average molecular weight is 403 g/mol. The highest BCUT2D eigenvalue weighted by molar-refractivity contribution is 5.82. The third-order valence-corrected chi connectivity index (χ3v) is 5.13. The average Bonchev–Trinajstić information content (AvgIpc) is 3.16. The van der Waals surface area contributed by atoms with Crippen molar-refractivity contribution in [2.45, 2.75) is 20.8 Å². The van der Waals surface area contributed by atoms with Crippen LogP contribution in [0.5, 0.6) is 0 Å². The maximum Gasteiger partial charge on any atom is 0.229 e. The zero-order valence-corrected chi connectivity index (χ0v) is 17.6. The van der Waals surface area contributed by atoms with Crippen molar-refractivity contribution in [2.75, 3.05) is 5.32 Å². The Hall–Kier alpha value is -4.35.